The van der Waals surface area contributed by atoms with E-state index in [-0.39, 0.29) is 35.3 Å². The normalized spacial score (nSPS) is 10.6. The molecule has 1 amide bonds. The Balaban J connectivity index is 1.56. The summed E-state index contributed by atoms with van der Waals surface area (Å²) in [6, 6.07) is 18.4. The molecule has 0 saturated heterocycles. The topological polar surface area (TPSA) is 85.2 Å². The molecule has 0 saturated carbocycles. The van der Waals surface area contributed by atoms with Gasteiger partial charge in [-0.3, -0.25) is 9.59 Å². The summed E-state index contributed by atoms with van der Waals surface area (Å²) >= 11 is 0. The van der Waals surface area contributed by atoms with Crippen LogP contribution in [-0.2, 0) is 13.6 Å². The van der Waals surface area contributed by atoms with Crippen molar-refractivity contribution in [2.24, 2.45) is 7.05 Å². The van der Waals surface area contributed by atoms with Gasteiger partial charge in [-0.25, -0.2) is 9.07 Å². The molecule has 0 fully saturated rings. The number of benzene rings is 3. The van der Waals surface area contributed by atoms with E-state index >= 15 is 0 Å². The van der Waals surface area contributed by atoms with Crippen molar-refractivity contribution in [3.05, 3.63) is 111 Å². The molecule has 0 atom stereocenters. The van der Waals surface area contributed by atoms with Crippen molar-refractivity contribution in [1.29, 1.82) is 0 Å². The maximum absolute atomic E-state index is 13.1. The first-order valence-corrected chi connectivity index (χ1v) is 11.0. The van der Waals surface area contributed by atoms with Gasteiger partial charge < -0.3 is 15.4 Å². The van der Waals surface area contributed by atoms with Crippen molar-refractivity contribution in [3.8, 4) is 11.5 Å². The van der Waals surface area contributed by atoms with Gasteiger partial charge in [0.2, 0.25) is 0 Å². The summed E-state index contributed by atoms with van der Waals surface area (Å²) < 4.78 is 20.3. The van der Waals surface area contributed by atoms with Crippen LogP contribution in [0.1, 0.15) is 27.0 Å². The lowest BCUT2D eigenvalue weighted by molar-refractivity contribution is 0.0951. The summed E-state index contributed by atoms with van der Waals surface area (Å²) in [6.07, 6.45) is 1.48. The zero-order valence-electron chi connectivity index (χ0n) is 19.6. The molecule has 1 heterocycles. The highest BCUT2D eigenvalue weighted by Gasteiger charge is 2.15. The van der Waals surface area contributed by atoms with Crippen LogP contribution in [-0.4, -0.2) is 15.7 Å². The lowest BCUT2D eigenvalue weighted by Crippen LogP contribution is -2.23. The number of anilines is 2. The van der Waals surface area contributed by atoms with E-state index in [9.17, 15) is 14.0 Å². The number of carbonyl (C=O) groups excluding carboxylic acids is 1. The monoisotopic (exact) mass is 472 g/mol. The van der Waals surface area contributed by atoms with Crippen LogP contribution in [0.15, 0.2) is 77.7 Å². The molecule has 0 bridgehead atoms. The van der Waals surface area contributed by atoms with Crippen molar-refractivity contribution in [2.75, 3.05) is 5.32 Å². The fraction of sp³-hybridized carbons (Fsp3) is 0.148. The number of aryl methyl sites for hydroxylation is 2. The Hall–Kier alpha value is -4.46. The molecule has 4 rings (SSSR count). The van der Waals surface area contributed by atoms with Crippen molar-refractivity contribution < 1.29 is 13.9 Å². The highest BCUT2D eigenvalue weighted by Crippen LogP contribution is 2.31. The zero-order chi connectivity index (χ0) is 24.9. The van der Waals surface area contributed by atoms with Crippen LogP contribution in [0.5, 0.6) is 11.5 Å². The molecule has 8 heteroatoms. The van der Waals surface area contributed by atoms with Gasteiger partial charge in [-0.1, -0.05) is 30.3 Å². The molecule has 7 nitrogen and oxygen atoms in total. The summed E-state index contributed by atoms with van der Waals surface area (Å²) in [5.74, 6) is 0.263. The first-order chi connectivity index (χ1) is 16.8. The molecule has 0 spiro atoms. The molecule has 0 unspecified atom stereocenters. The van der Waals surface area contributed by atoms with Crippen LogP contribution >= 0.6 is 0 Å². The predicted octanol–water partition coefficient (Wildman–Crippen LogP) is 5.00. The minimum atomic E-state index is -0.376. The lowest BCUT2D eigenvalue weighted by atomic mass is 10.1. The van der Waals surface area contributed by atoms with Crippen molar-refractivity contribution in [3.63, 3.8) is 0 Å². The Morgan fingerprint density at radius 3 is 2.54 bits per heavy atom. The van der Waals surface area contributed by atoms with E-state index in [1.165, 1.54) is 23.0 Å². The first kappa shape index (κ1) is 23.7. The van der Waals surface area contributed by atoms with Gasteiger partial charge in [0.1, 0.15) is 11.6 Å². The van der Waals surface area contributed by atoms with Gasteiger partial charge in [0, 0.05) is 24.8 Å². The van der Waals surface area contributed by atoms with Gasteiger partial charge in [0.25, 0.3) is 11.5 Å². The molecule has 2 N–H and O–H groups in total. The van der Waals surface area contributed by atoms with E-state index in [0.29, 0.717) is 17.0 Å². The van der Waals surface area contributed by atoms with E-state index in [2.05, 4.69) is 15.7 Å². The molecule has 3 aromatic carbocycles. The van der Waals surface area contributed by atoms with E-state index in [1.54, 1.807) is 43.4 Å². The second kappa shape index (κ2) is 10.2. The number of hydrogen-bond donors (Lipinski definition) is 2. The molecular formula is C27H25FN4O3. The summed E-state index contributed by atoms with van der Waals surface area (Å²) in [4.78, 5) is 25.6. The standard InChI is InChI=1S/C27H25FN4O3/c1-17-6-4-9-23(18(17)2)35-24-16-30-32(3)27(34)25(24)31-22-8-5-7-20(14-22)26(33)29-15-19-10-12-21(28)13-11-19/h4-14,16,31H,15H2,1-3H3,(H,29,33). The number of aromatic nitrogens is 2. The number of nitrogens with one attached hydrogen (secondary N) is 2. The van der Waals surface area contributed by atoms with Gasteiger partial charge in [0.15, 0.2) is 11.4 Å². The Morgan fingerprint density at radius 1 is 1.03 bits per heavy atom. The molecule has 0 aliphatic heterocycles. The second-order valence-electron chi connectivity index (χ2n) is 8.13. The number of amides is 1. The number of halogens is 1. The van der Waals surface area contributed by atoms with E-state index in [1.807, 2.05) is 32.0 Å². The maximum atomic E-state index is 13.1. The van der Waals surface area contributed by atoms with Gasteiger partial charge in [-0.15, -0.1) is 0 Å². The molecule has 4 aromatic rings. The van der Waals surface area contributed by atoms with Gasteiger partial charge in [-0.05, 0) is 66.9 Å². The number of carbonyl (C=O) groups is 1. The summed E-state index contributed by atoms with van der Waals surface area (Å²) in [5.41, 5.74) is 3.56. The molecule has 0 aliphatic rings. The first-order valence-electron chi connectivity index (χ1n) is 11.0. The van der Waals surface area contributed by atoms with E-state index < -0.39 is 0 Å². The van der Waals surface area contributed by atoms with Crippen LogP contribution < -0.4 is 20.9 Å². The van der Waals surface area contributed by atoms with E-state index in [4.69, 9.17) is 4.74 Å². The third kappa shape index (κ3) is 5.55. The zero-order valence-corrected chi connectivity index (χ0v) is 19.6. The fourth-order valence-electron chi connectivity index (χ4n) is 3.44. The van der Waals surface area contributed by atoms with Crippen LogP contribution in [0.25, 0.3) is 0 Å². The third-order valence-corrected chi connectivity index (χ3v) is 5.64. The number of nitrogens with zero attached hydrogens (tertiary/aromatic N) is 2. The molecular weight excluding hydrogens is 447 g/mol. The summed E-state index contributed by atoms with van der Waals surface area (Å²) in [5, 5.41) is 9.99. The third-order valence-electron chi connectivity index (χ3n) is 5.64. The minimum absolute atomic E-state index is 0.201. The van der Waals surface area contributed by atoms with Crippen molar-refractivity contribution in [2.45, 2.75) is 20.4 Å². The highest BCUT2D eigenvalue weighted by atomic mass is 19.1. The van der Waals surface area contributed by atoms with Crippen LogP contribution in [0.3, 0.4) is 0 Å². The van der Waals surface area contributed by atoms with E-state index in [0.717, 1.165) is 16.7 Å². The Morgan fingerprint density at radius 2 is 1.77 bits per heavy atom. The minimum Gasteiger partial charge on any atom is -0.453 e. The average molecular weight is 473 g/mol. The van der Waals surface area contributed by atoms with Crippen LogP contribution in [0, 0.1) is 19.7 Å². The number of ether oxygens (including phenoxy) is 1. The molecule has 35 heavy (non-hydrogen) atoms. The average Bonchev–Trinajstić information content (AvgIpc) is 2.86. The summed E-state index contributed by atoms with van der Waals surface area (Å²) in [7, 11) is 1.55. The number of rotatable bonds is 7. The predicted molar refractivity (Wildman–Crippen MR) is 133 cm³/mol. The van der Waals surface area contributed by atoms with Crippen molar-refractivity contribution >= 4 is 17.3 Å². The molecule has 0 radical (unpaired) electrons. The summed E-state index contributed by atoms with van der Waals surface area (Å²) in [6.45, 7) is 4.19. The van der Waals surface area contributed by atoms with Gasteiger partial charge >= 0.3 is 0 Å². The molecule has 1 aromatic heterocycles. The Kier molecular flexibility index (Phi) is 6.91. The number of hydrogen-bond acceptors (Lipinski definition) is 5. The Bertz CT molecular complexity index is 1430. The van der Waals surface area contributed by atoms with Crippen molar-refractivity contribution in [1.82, 2.24) is 15.1 Å². The largest absolute Gasteiger partial charge is 0.453 e. The highest BCUT2D eigenvalue weighted by molar-refractivity contribution is 5.95. The lowest BCUT2D eigenvalue weighted by Gasteiger charge is -2.15. The SMILES string of the molecule is Cc1cccc(Oc2cnn(C)c(=O)c2Nc2cccc(C(=O)NCc3ccc(F)cc3)c2)c1C. The molecule has 178 valence electrons. The Labute approximate surface area is 202 Å². The quantitative estimate of drug-likeness (QED) is 0.395. The van der Waals surface area contributed by atoms with Crippen LogP contribution in [0.4, 0.5) is 15.8 Å². The molecule has 0 aliphatic carbocycles. The van der Waals surface area contributed by atoms with Gasteiger partial charge in [0.05, 0.1) is 6.20 Å². The fourth-order valence-corrected chi connectivity index (χ4v) is 3.44. The van der Waals surface area contributed by atoms with Crippen LogP contribution in [0.2, 0.25) is 0 Å². The van der Waals surface area contributed by atoms with Gasteiger partial charge in [-0.2, -0.15) is 5.10 Å². The smallest absolute Gasteiger partial charge is 0.294 e. The second-order valence-corrected chi connectivity index (χ2v) is 8.13. The maximum Gasteiger partial charge on any atom is 0.294 e.